The zero-order valence-electron chi connectivity index (χ0n) is 13.9. The van der Waals surface area contributed by atoms with Crippen LogP contribution in [0.5, 0.6) is 0 Å². The number of aromatic nitrogens is 2. The first-order valence-corrected chi connectivity index (χ1v) is 9.20. The molecule has 3 rings (SSSR count). The van der Waals surface area contributed by atoms with Crippen molar-refractivity contribution < 1.29 is 19.1 Å². The van der Waals surface area contributed by atoms with Crippen molar-refractivity contribution >= 4 is 28.6 Å². The van der Waals surface area contributed by atoms with Crippen LogP contribution in [0.3, 0.4) is 0 Å². The number of esters is 1. The van der Waals surface area contributed by atoms with E-state index in [1.165, 1.54) is 6.20 Å². The molecular formula is C17H17IN2O6. The van der Waals surface area contributed by atoms with Gasteiger partial charge in [-0.25, -0.2) is 9.59 Å². The number of rotatable bonds is 5. The summed E-state index contributed by atoms with van der Waals surface area (Å²) in [5.41, 5.74) is -0.312. The van der Waals surface area contributed by atoms with E-state index in [1.807, 2.05) is 6.07 Å². The second kappa shape index (κ2) is 8.04. The standard InChI is InChI=1S/C17H17IN2O6/c1-10-8-20(17(23)19-15(10)21)26-14-7-12(18)13(25-14)9-24-16(22)11-5-3-2-4-6-11/h2-6,8,12-14H,7,9H2,1H3,(H,19,21,23)/t12-,13+,14-/m0/s1. The van der Waals surface area contributed by atoms with Gasteiger partial charge in [-0.3, -0.25) is 9.78 Å². The fourth-order valence-electron chi connectivity index (χ4n) is 2.45. The average Bonchev–Trinajstić information content (AvgIpc) is 2.97. The second-order valence-corrected chi connectivity index (χ2v) is 7.42. The molecule has 2 heterocycles. The number of hydrogen-bond acceptors (Lipinski definition) is 6. The molecule has 8 nitrogen and oxygen atoms in total. The minimum absolute atomic E-state index is 0.0423. The highest BCUT2D eigenvalue weighted by Gasteiger charge is 2.36. The Bertz CT molecular complexity index is 894. The molecule has 1 aromatic carbocycles. The Morgan fingerprint density at radius 3 is 2.81 bits per heavy atom. The van der Waals surface area contributed by atoms with E-state index in [4.69, 9.17) is 14.3 Å². The van der Waals surface area contributed by atoms with Gasteiger partial charge in [-0.2, -0.15) is 0 Å². The highest BCUT2D eigenvalue weighted by Crippen LogP contribution is 2.27. The number of halogens is 1. The van der Waals surface area contributed by atoms with Gasteiger partial charge in [-0.05, 0) is 19.1 Å². The van der Waals surface area contributed by atoms with Crippen LogP contribution in [0.1, 0.15) is 22.3 Å². The van der Waals surface area contributed by atoms with E-state index >= 15 is 0 Å². The van der Waals surface area contributed by atoms with E-state index in [0.717, 1.165) is 4.73 Å². The molecule has 0 spiro atoms. The molecule has 3 atom stereocenters. The Hall–Kier alpha value is -2.14. The molecule has 138 valence electrons. The van der Waals surface area contributed by atoms with Gasteiger partial charge in [0.25, 0.3) is 5.56 Å². The quantitative estimate of drug-likeness (QED) is 0.397. The Morgan fingerprint density at radius 1 is 1.35 bits per heavy atom. The number of aryl methyl sites for hydroxylation is 1. The zero-order valence-corrected chi connectivity index (χ0v) is 16.0. The summed E-state index contributed by atoms with van der Waals surface area (Å²) in [6, 6.07) is 8.70. The molecule has 1 saturated heterocycles. The fraction of sp³-hybridized carbons (Fsp3) is 0.353. The van der Waals surface area contributed by atoms with Crippen molar-refractivity contribution in [2.45, 2.75) is 29.7 Å². The normalized spacial score (nSPS) is 22.2. The highest BCUT2D eigenvalue weighted by atomic mass is 127. The van der Waals surface area contributed by atoms with Gasteiger partial charge in [0.1, 0.15) is 12.7 Å². The first-order valence-electron chi connectivity index (χ1n) is 7.95. The third kappa shape index (κ3) is 4.33. The third-order valence-corrected chi connectivity index (χ3v) is 5.17. The number of nitrogens with zero attached hydrogens (tertiary/aromatic N) is 1. The van der Waals surface area contributed by atoms with Crippen molar-refractivity contribution in [3.63, 3.8) is 0 Å². The lowest BCUT2D eigenvalue weighted by Gasteiger charge is -2.16. The van der Waals surface area contributed by atoms with E-state index in [1.54, 1.807) is 31.2 Å². The Morgan fingerprint density at radius 2 is 2.08 bits per heavy atom. The van der Waals surface area contributed by atoms with Gasteiger partial charge in [0.05, 0.1) is 11.8 Å². The SMILES string of the molecule is Cc1cn(O[C@H]2C[C@H](I)[C@@H](COC(=O)c3ccccc3)O2)c(=O)[nH]c1=O. The van der Waals surface area contributed by atoms with E-state index < -0.39 is 23.5 Å². The summed E-state index contributed by atoms with van der Waals surface area (Å²) >= 11 is 2.19. The van der Waals surface area contributed by atoms with Crippen molar-refractivity contribution in [3.8, 4) is 0 Å². The first kappa shape index (κ1) is 18.6. The van der Waals surface area contributed by atoms with E-state index in [0.29, 0.717) is 17.5 Å². The number of carbonyl (C=O) groups excluding carboxylic acids is 1. The van der Waals surface area contributed by atoms with Crippen LogP contribution < -0.4 is 16.1 Å². The number of carbonyl (C=O) groups is 1. The summed E-state index contributed by atoms with van der Waals surface area (Å²) in [7, 11) is 0. The van der Waals surface area contributed by atoms with Crippen LogP contribution in [0.25, 0.3) is 0 Å². The largest absolute Gasteiger partial charge is 0.459 e. The highest BCUT2D eigenvalue weighted by molar-refractivity contribution is 14.1. The molecule has 1 aromatic heterocycles. The monoisotopic (exact) mass is 472 g/mol. The lowest BCUT2D eigenvalue weighted by Crippen LogP contribution is -2.38. The van der Waals surface area contributed by atoms with E-state index in [-0.39, 0.29) is 16.6 Å². The second-order valence-electron chi connectivity index (χ2n) is 5.82. The van der Waals surface area contributed by atoms with Crippen molar-refractivity contribution in [1.82, 2.24) is 9.71 Å². The molecule has 1 N–H and O–H groups in total. The maximum atomic E-state index is 12.0. The summed E-state index contributed by atoms with van der Waals surface area (Å²) in [4.78, 5) is 42.8. The Kier molecular flexibility index (Phi) is 5.77. The summed E-state index contributed by atoms with van der Waals surface area (Å²) in [5, 5.41) is 0. The molecule has 0 amide bonds. The Balaban J connectivity index is 1.58. The lowest BCUT2D eigenvalue weighted by atomic mass is 10.2. The van der Waals surface area contributed by atoms with Gasteiger partial charge in [0.15, 0.2) is 0 Å². The summed E-state index contributed by atoms with van der Waals surface area (Å²) in [6.07, 6.45) is 0.793. The molecular weight excluding hydrogens is 455 g/mol. The lowest BCUT2D eigenvalue weighted by molar-refractivity contribution is -0.146. The number of benzene rings is 1. The molecule has 9 heteroatoms. The van der Waals surface area contributed by atoms with E-state index in [2.05, 4.69) is 27.6 Å². The average molecular weight is 472 g/mol. The van der Waals surface area contributed by atoms with Crippen LogP contribution >= 0.6 is 22.6 Å². The van der Waals surface area contributed by atoms with Crippen molar-refractivity contribution in [3.05, 3.63) is 68.5 Å². The molecule has 2 aromatic rings. The minimum Gasteiger partial charge on any atom is -0.459 e. The molecule has 0 aliphatic carbocycles. The predicted molar refractivity (Wildman–Crippen MR) is 100 cm³/mol. The minimum atomic E-state index is -0.680. The van der Waals surface area contributed by atoms with Crippen LogP contribution in [0.15, 0.2) is 46.1 Å². The van der Waals surface area contributed by atoms with Crippen LogP contribution in [0.2, 0.25) is 0 Å². The van der Waals surface area contributed by atoms with Gasteiger partial charge in [-0.15, -0.1) is 4.73 Å². The Labute approximate surface area is 162 Å². The molecule has 1 aliphatic rings. The number of ether oxygens (including phenoxy) is 2. The number of nitrogens with one attached hydrogen (secondary N) is 1. The molecule has 0 unspecified atom stereocenters. The third-order valence-electron chi connectivity index (χ3n) is 3.86. The number of aromatic amines is 1. The first-order chi connectivity index (χ1) is 12.4. The number of H-pyrrole nitrogens is 1. The van der Waals surface area contributed by atoms with Crippen LogP contribution in [0.4, 0.5) is 0 Å². The zero-order chi connectivity index (χ0) is 18.7. The molecule has 0 radical (unpaired) electrons. The number of hydrogen-bond donors (Lipinski definition) is 1. The van der Waals surface area contributed by atoms with Crippen molar-refractivity contribution in [1.29, 1.82) is 0 Å². The molecule has 0 bridgehead atoms. The maximum absolute atomic E-state index is 12.0. The van der Waals surface area contributed by atoms with Gasteiger partial charge in [-0.1, -0.05) is 40.8 Å². The van der Waals surface area contributed by atoms with E-state index in [9.17, 15) is 14.4 Å². The summed E-state index contributed by atoms with van der Waals surface area (Å²) < 4.78 is 12.0. The van der Waals surface area contributed by atoms with Crippen molar-refractivity contribution in [2.75, 3.05) is 6.61 Å². The van der Waals surface area contributed by atoms with Crippen LogP contribution in [0, 0.1) is 6.92 Å². The predicted octanol–water partition coefficient (Wildman–Crippen LogP) is 1.05. The van der Waals surface area contributed by atoms with Gasteiger partial charge < -0.3 is 14.3 Å². The van der Waals surface area contributed by atoms with Crippen LogP contribution in [-0.2, 0) is 9.47 Å². The number of alkyl halides is 1. The van der Waals surface area contributed by atoms with Gasteiger partial charge in [0, 0.05) is 15.9 Å². The van der Waals surface area contributed by atoms with Crippen molar-refractivity contribution in [2.24, 2.45) is 0 Å². The topological polar surface area (TPSA) is 99.6 Å². The molecule has 1 fully saturated rings. The summed E-state index contributed by atoms with van der Waals surface area (Å²) in [6.45, 7) is 1.65. The van der Waals surface area contributed by atoms with Gasteiger partial charge in [0.2, 0.25) is 6.29 Å². The maximum Gasteiger partial charge on any atom is 0.361 e. The smallest absolute Gasteiger partial charge is 0.361 e. The molecule has 1 aliphatic heterocycles. The molecule has 26 heavy (non-hydrogen) atoms. The van der Waals surface area contributed by atoms with Gasteiger partial charge >= 0.3 is 11.7 Å². The fourth-order valence-corrected chi connectivity index (χ4v) is 3.24. The molecule has 0 saturated carbocycles. The van der Waals surface area contributed by atoms with Crippen LogP contribution in [-0.4, -0.2) is 38.6 Å². The summed E-state index contributed by atoms with van der Waals surface area (Å²) in [5.74, 6) is -0.422.